The van der Waals surface area contributed by atoms with E-state index in [9.17, 15) is 19.8 Å². The lowest BCUT2D eigenvalue weighted by Crippen LogP contribution is -2.42. The molecule has 0 heterocycles. The summed E-state index contributed by atoms with van der Waals surface area (Å²) < 4.78 is 0. The lowest BCUT2D eigenvalue weighted by molar-refractivity contribution is -0.321. The van der Waals surface area contributed by atoms with Crippen LogP contribution in [0.1, 0.15) is 123 Å². The van der Waals surface area contributed by atoms with E-state index < -0.39 is 17.4 Å². The summed E-state index contributed by atoms with van der Waals surface area (Å²) in [6.07, 6.45) is 15.4. The quantitative estimate of drug-likeness (QED) is 0.321. The Morgan fingerprint density at radius 1 is 0.615 bits per heavy atom. The number of hydrogen-bond donors (Lipinski definition) is 0. The topological polar surface area (TPSA) is 80.3 Å². The Kier molecular flexibility index (Phi) is 15.5. The van der Waals surface area contributed by atoms with Crippen LogP contribution in [0.2, 0.25) is 0 Å². The van der Waals surface area contributed by atoms with Crippen molar-refractivity contribution in [2.24, 2.45) is 5.41 Å². The summed E-state index contributed by atoms with van der Waals surface area (Å²) in [6.45, 7) is 4.33. The van der Waals surface area contributed by atoms with Crippen LogP contribution >= 0.6 is 0 Å². The molecule has 0 aliphatic carbocycles. The zero-order valence-corrected chi connectivity index (χ0v) is 17.2. The molecule has 4 heteroatoms. The number of carbonyl (C=O) groups excluding carboxylic acids is 2. The van der Waals surface area contributed by atoms with Gasteiger partial charge in [-0.05, 0) is 32.1 Å². The van der Waals surface area contributed by atoms with E-state index >= 15 is 0 Å². The number of hydrogen-bond acceptors (Lipinski definition) is 4. The minimum Gasteiger partial charge on any atom is -0.550 e. The van der Waals surface area contributed by atoms with Gasteiger partial charge in [0.2, 0.25) is 0 Å². The normalized spacial score (nSPS) is 11.6. The lowest BCUT2D eigenvalue weighted by Gasteiger charge is -2.35. The Bertz CT molecular complexity index is 353. The van der Waals surface area contributed by atoms with Crippen LogP contribution in [-0.4, -0.2) is 11.9 Å². The SMILES string of the molecule is CCCCCCC(CCCCCC)(CCCCCCCC(=O)[O-])C(=O)[O-]. The number of carbonyl (C=O) groups is 2. The minimum atomic E-state index is -0.986. The van der Waals surface area contributed by atoms with Gasteiger partial charge in [0.05, 0.1) is 0 Å². The molecule has 0 N–H and O–H groups in total. The number of rotatable bonds is 19. The van der Waals surface area contributed by atoms with E-state index in [0.29, 0.717) is 12.8 Å². The molecule has 0 aromatic carbocycles. The second-order valence-electron chi connectivity index (χ2n) is 7.83. The van der Waals surface area contributed by atoms with Gasteiger partial charge in [-0.2, -0.15) is 0 Å². The van der Waals surface area contributed by atoms with Gasteiger partial charge in [0.15, 0.2) is 0 Å². The Balaban J connectivity index is 4.42. The van der Waals surface area contributed by atoms with Gasteiger partial charge < -0.3 is 19.8 Å². The molecule has 0 fully saturated rings. The first kappa shape index (κ1) is 24.9. The Labute approximate surface area is 160 Å². The third kappa shape index (κ3) is 12.3. The average Bonchev–Trinajstić information content (AvgIpc) is 2.60. The van der Waals surface area contributed by atoms with Gasteiger partial charge in [-0.3, -0.25) is 0 Å². The van der Waals surface area contributed by atoms with Gasteiger partial charge in [-0.15, -0.1) is 0 Å². The summed E-state index contributed by atoms with van der Waals surface area (Å²) in [5, 5.41) is 22.4. The van der Waals surface area contributed by atoms with Crippen LogP contribution in [0.3, 0.4) is 0 Å². The van der Waals surface area contributed by atoms with Crippen molar-refractivity contribution in [3.05, 3.63) is 0 Å². The highest BCUT2D eigenvalue weighted by Gasteiger charge is 2.30. The fourth-order valence-electron chi connectivity index (χ4n) is 3.72. The van der Waals surface area contributed by atoms with Crippen LogP contribution in [0.15, 0.2) is 0 Å². The summed E-state index contributed by atoms with van der Waals surface area (Å²) in [5.74, 6) is -1.84. The Morgan fingerprint density at radius 3 is 1.38 bits per heavy atom. The zero-order chi connectivity index (χ0) is 19.7. The molecule has 0 bridgehead atoms. The molecular weight excluding hydrogens is 328 g/mol. The van der Waals surface area contributed by atoms with Crippen molar-refractivity contribution in [2.75, 3.05) is 0 Å². The molecule has 0 unspecified atom stereocenters. The highest BCUT2D eigenvalue weighted by atomic mass is 16.4. The van der Waals surface area contributed by atoms with Gasteiger partial charge >= 0.3 is 0 Å². The van der Waals surface area contributed by atoms with Crippen LogP contribution < -0.4 is 10.2 Å². The van der Waals surface area contributed by atoms with E-state index in [-0.39, 0.29) is 6.42 Å². The lowest BCUT2D eigenvalue weighted by atomic mass is 9.74. The first-order chi connectivity index (χ1) is 12.5. The van der Waals surface area contributed by atoms with E-state index in [1.54, 1.807) is 0 Å². The first-order valence-electron chi connectivity index (χ1n) is 10.9. The molecule has 0 saturated carbocycles. The van der Waals surface area contributed by atoms with Gasteiger partial charge in [0.25, 0.3) is 0 Å². The largest absolute Gasteiger partial charge is 0.550 e. The van der Waals surface area contributed by atoms with Gasteiger partial charge in [0.1, 0.15) is 0 Å². The van der Waals surface area contributed by atoms with Crippen molar-refractivity contribution in [2.45, 2.75) is 123 Å². The highest BCUT2D eigenvalue weighted by Crippen LogP contribution is 2.37. The molecule has 0 rings (SSSR count). The Hall–Kier alpha value is -1.06. The molecule has 0 aromatic rings. The number of carboxylic acid groups (broad SMARTS) is 2. The molecule has 26 heavy (non-hydrogen) atoms. The molecule has 0 amide bonds. The molecule has 0 radical (unpaired) electrons. The van der Waals surface area contributed by atoms with E-state index in [1.165, 1.54) is 0 Å². The summed E-state index contributed by atoms with van der Waals surface area (Å²) >= 11 is 0. The number of carboxylic acids is 2. The van der Waals surface area contributed by atoms with E-state index in [4.69, 9.17) is 0 Å². The third-order valence-corrected chi connectivity index (χ3v) is 5.49. The minimum absolute atomic E-state index is 0.123. The maximum atomic E-state index is 12.0. The number of aliphatic carboxylic acids is 2. The molecule has 0 aromatic heterocycles. The maximum Gasteiger partial charge on any atom is 0.0476 e. The second-order valence-corrected chi connectivity index (χ2v) is 7.83. The van der Waals surface area contributed by atoms with Gasteiger partial charge in [-0.1, -0.05) is 90.9 Å². The maximum absolute atomic E-state index is 12.0. The summed E-state index contributed by atoms with van der Waals surface area (Å²) in [7, 11) is 0. The fourth-order valence-corrected chi connectivity index (χ4v) is 3.72. The smallest absolute Gasteiger partial charge is 0.0476 e. The molecule has 0 spiro atoms. The molecular formula is C22H40O4-2. The molecule has 154 valence electrons. The third-order valence-electron chi connectivity index (χ3n) is 5.49. The second kappa shape index (κ2) is 16.1. The van der Waals surface area contributed by atoms with Crippen LogP contribution in [0, 0.1) is 5.41 Å². The van der Waals surface area contributed by atoms with Crippen LogP contribution in [0.25, 0.3) is 0 Å². The monoisotopic (exact) mass is 368 g/mol. The molecule has 0 aliphatic rings. The van der Waals surface area contributed by atoms with Crippen molar-refractivity contribution in [1.82, 2.24) is 0 Å². The van der Waals surface area contributed by atoms with E-state index in [2.05, 4.69) is 13.8 Å². The summed E-state index contributed by atoms with van der Waals surface area (Å²) in [5.41, 5.74) is -0.660. The van der Waals surface area contributed by atoms with Crippen molar-refractivity contribution in [3.63, 3.8) is 0 Å². The van der Waals surface area contributed by atoms with Gasteiger partial charge in [0, 0.05) is 17.4 Å². The molecule has 4 nitrogen and oxygen atoms in total. The average molecular weight is 369 g/mol. The predicted octanol–water partition coefficient (Wildman–Crippen LogP) is 4.14. The summed E-state index contributed by atoms with van der Waals surface area (Å²) in [4.78, 5) is 22.4. The summed E-state index contributed by atoms with van der Waals surface area (Å²) in [6, 6.07) is 0. The van der Waals surface area contributed by atoms with Crippen LogP contribution in [0.5, 0.6) is 0 Å². The standard InChI is InChI=1S/C22H42O4/c1-3-5-7-13-17-22(21(25)26,18-14-8-6-4-2)19-15-11-9-10-12-16-20(23)24/h3-19H2,1-2H3,(H,23,24)(H,25,26)/p-2. The molecule has 0 saturated heterocycles. The molecule has 0 aliphatic heterocycles. The number of unbranched alkanes of at least 4 members (excludes halogenated alkanes) is 10. The predicted molar refractivity (Wildman–Crippen MR) is 102 cm³/mol. The van der Waals surface area contributed by atoms with Crippen LogP contribution in [-0.2, 0) is 9.59 Å². The molecule has 0 atom stereocenters. The fraction of sp³-hybridized carbons (Fsp3) is 0.909. The van der Waals surface area contributed by atoms with Crippen molar-refractivity contribution in [1.29, 1.82) is 0 Å². The highest BCUT2D eigenvalue weighted by molar-refractivity contribution is 5.72. The van der Waals surface area contributed by atoms with Crippen molar-refractivity contribution in [3.8, 4) is 0 Å². The van der Waals surface area contributed by atoms with E-state index in [0.717, 1.165) is 89.9 Å². The van der Waals surface area contributed by atoms with Crippen molar-refractivity contribution < 1.29 is 19.8 Å². The van der Waals surface area contributed by atoms with E-state index in [1.807, 2.05) is 0 Å². The van der Waals surface area contributed by atoms with Crippen molar-refractivity contribution >= 4 is 11.9 Å². The first-order valence-corrected chi connectivity index (χ1v) is 10.9. The van der Waals surface area contributed by atoms with Gasteiger partial charge in [-0.25, -0.2) is 0 Å². The zero-order valence-electron chi connectivity index (χ0n) is 17.2. The van der Waals surface area contributed by atoms with Crippen LogP contribution in [0.4, 0.5) is 0 Å². The Morgan fingerprint density at radius 2 is 1.00 bits per heavy atom.